The minimum Gasteiger partial charge on any atom is -0.479 e. The van der Waals surface area contributed by atoms with Crippen molar-refractivity contribution in [2.24, 2.45) is 5.92 Å². The van der Waals surface area contributed by atoms with Crippen LogP contribution in [0.15, 0.2) is 0 Å². The van der Waals surface area contributed by atoms with Crippen molar-refractivity contribution in [2.75, 3.05) is 7.11 Å². The van der Waals surface area contributed by atoms with Gasteiger partial charge >= 0.3 is 5.97 Å². The van der Waals surface area contributed by atoms with Crippen molar-refractivity contribution >= 4 is 5.97 Å². The van der Waals surface area contributed by atoms with E-state index in [1.165, 1.54) is 13.5 Å². The van der Waals surface area contributed by atoms with E-state index >= 15 is 0 Å². The largest absolute Gasteiger partial charge is 0.479 e. The van der Waals surface area contributed by atoms with E-state index in [0.29, 0.717) is 0 Å². The third-order valence-corrected chi connectivity index (χ3v) is 3.23. The molecule has 1 aliphatic rings. The lowest BCUT2D eigenvalue weighted by Gasteiger charge is -2.35. The molecule has 0 heterocycles. The summed E-state index contributed by atoms with van der Waals surface area (Å²) in [6.07, 6.45) is 5.47. The van der Waals surface area contributed by atoms with Crippen molar-refractivity contribution in [3.05, 3.63) is 0 Å². The lowest BCUT2D eigenvalue weighted by Crippen LogP contribution is -2.45. The Kier molecular flexibility index (Phi) is 3.31. The molecule has 1 saturated carbocycles. The van der Waals surface area contributed by atoms with Crippen molar-refractivity contribution < 1.29 is 14.6 Å². The fourth-order valence-corrected chi connectivity index (χ4v) is 2.08. The van der Waals surface area contributed by atoms with Gasteiger partial charge in [-0.1, -0.05) is 19.3 Å². The van der Waals surface area contributed by atoms with Crippen molar-refractivity contribution in [2.45, 2.75) is 44.6 Å². The van der Waals surface area contributed by atoms with Gasteiger partial charge in [-0.05, 0) is 25.7 Å². The smallest absolute Gasteiger partial charge is 0.335 e. The fraction of sp³-hybridized carbons (Fsp3) is 0.900. The molecular formula is C10H18O3. The van der Waals surface area contributed by atoms with E-state index in [9.17, 15) is 4.79 Å². The van der Waals surface area contributed by atoms with Crippen LogP contribution in [0.25, 0.3) is 0 Å². The number of ether oxygens (including phenoxy) is 1. The Morgan fingerprint density at radius 3 is 2.31 bits per heavy atom. The Hall–Kier alpha value is -0.570. The van der Waals surface area contributed by atoms with E-state index in [-0.39, 0.29) is 5.92 Å². The summed E-state index contributed by atoms with van der Waals surface area (Å²) in [6, 6.07) is 0. The molecule has 3 heteroatoms. The standard InChI is InChI=1S/C10H18O3/c1-10(13-2,9(11)12)8-6-4-3-5-7-8/h8H,3-7H2,1-2H3,(H,11,12). The molecule has 0 aliphatic heterocycles. The van der Waals surface area contributed by atoms with E-state index in [4.69, 9.17) is 9.84 Å². The van der Waals surface area contributed by atoms with Gasteiger partial charge in [0.15, 0.2) is 5.60 Å². The maximum absolute atomic E-state index is 11.0. The monoisotopic (exact) mass is 186 g/mol. The molecule has 1 aliphatic carbocycles. The summed E-state index contributed by atoms with van der Waals surface area (Å²) in [5.41, 5.74) is -0.972. The Morgan fingerprint density at radius 2 is 1.92 bits per heavy atom. The van der Waals surface area contributed by atoms with Crippen LogP contribution >= 0.6 is 0 Å². The minimum atomic E-state index is -0.972. The summed E-state index contributed by atoms with van der Waals surface area (Å²) in [7, 11) is 1.49. The van der Waals surface area contributed by atoms with Crippen molar-refractivity contribution in [3.63, 3.8) is 0 Å². The van der Waals surface area contributed by atoms with Gasteiger partial charge in [-0.25, -0.2) is 4.79 Å². The maximum atomic E-state index is 11.0. The van der Waals surface area contributed by atoms with Crippen LogP contribution in [0, 0.1) is 5.92 Å². The lowest BCUT2D eigenvalue weighted by atomic mass is 9.78. The van der Waals surface area contributed by atoms with Crippen LogP contribution in [-0.2, 0) is 9.53 Å². The third kappa shape index (κ3) is 2.02. The highest BCUT2D eigenvalue weighted by Crippen LogP contribution is 2.34. The molecule has 13 heavy (non-hydrogen) atoms. The molecule has 0 bridgehead atoms. The molecular weight excluding hydrogens is 168 g/mol. The predicted molar refractivity (Wildman–Crippen MR) is 49.6 cm³/mol. The molecule has 0 aromatic rings. The molecule has 1 unspecified atom stereocenters. The fourth-order valence-electron chi connectivity index (χ4n) is 2.08. The number of carboxylic acid groups (broad SMARTS) is 1. The van der Waals surface area contributed by atoms with Gasteiger partial charge < -0.3 is 9.84 Å². The van der Waals surface area contributed by atoms with E-state index < -0.39 is 11.6 Å². The van der Waals surface area contributed by atoms with Gasteiger partial charge in [0.05, 0.1) is 0 Å². The summed E-state index contributed by atoms with van der Waals surface area (Å²) < 4.78 is 5.14. The average Bonchev–Trinajstić information content (AvgIpc) is 2.17. The highest BCUT2D eigenvalue weighted by molar-refractivity contribution is 5.77. The highest BCUT2D eigenvalue weighted by atomic mass is 16.5. The first-order valence-corrected chi connectivity index (χ1v) is 4.90. The van der Waals surface area contributed by atoms with E-state index in [1.807, 2.05) is 0 Å². The second-order valence-corrected chi connectivity index (χ2v) is 3.95. The molecule has 1 fully saturated rings. The number of aliphatic carboxylic acids is 1. The zero-order chi connectivity index (χ0) is 9.90. The zero-order valence-electron chi connectivity index (χ0n) is 8.38. The van der Waals surface area contributed by atoms with Gasteiger partial charge in [0.1, 0.15) is 0 Å². The molecule has 0 spiro atoms. The molecule has 0 amide bonds. The van der Waals surface area contributed by atoms with Crippen LogP contribution in [0.2, 0.25) is 0 Å². The lowest BCUT2D eigenvalue weighted by molar-refractivity contribution is -0.168. The summed E-state index contributed by atoms with van der Waals surface area (Å²) in [5, 5.41) is 9.06. The summed E-state index contributed by atoms with van der Waals surface area (Å²) in [6.45, 7) is 1.69. The van der Waals surface area contributed by atoms with Crippen LogP contribution in [0.5, 0.6) is 0 Å². The Balaban J connectivity index is 2.68. The molecule has 76 valence electrons. The van der Waals surface area contributed by atoms with Crippen molar-refractivity contribution in [3.8, 4) is 0 Å². The highest BCUT2D eigenvalue weighted by Gasteiger charge is 2.41. The van der Waals surface area contributed by atoms with Gasteiger partial charge in [0, 0.05) is 7.11 Å². The van der Waals surface area contributed by atoms with Crippen LogP contribution in [0.3, 0.4) is 0 Å². The molecule has 0 aromatic heterocycles. The minimum absolute atomic E-state index is 0.184. The topological polar surface area (TPSA) is 46.5 Å². The van der Waals surface area contributed by atoms with Crippen molar-refractivity contribution in [1.29, 1.82) is 0 Å². The number of methoxy groups -OCH3 is 1. The van der Waals surface area contributed by atoms with Crippen LogP contribution in [0.4, 0.5) is 0 Å². The molecule has 0 radical (unpaired) electrons. The first-order chi connectivity index (χ1) is 6.11. The second-order valence-electron chi connectivity index (χ2n) is 3.95. The van der Waals surface area contributed by atoms with Gasteiger partial charge in [-0.15, -0.1) is 0 Å². The van der Waals surface area contributed by atoms with E-state index in [2.05, 4.69) is 0 Å². The van der Waals surface area contributed by atoms with Gasteiger partial charge in [-0.3, -0.25) is 0 Å². The molecule has 0 saturated heterocycles. The molecule has 1 rings (SSSR count). The van der Waals surface area contributed by atoms with E-state index in [1.54, 1.807) is 6.92 Å². The zero-order valence-corrected chi connectivity index (χ0v) is 8.38. The average molecular weight is 186 g/mol. The maximum Gasteiger partial charge on any atom is 0.335 e. The number of carboxylic acids is 1. The predicted octanol–water partition coefficient (Wildman–Crippen LogP) is 2.06. The van der Waals surface area contributed by atoms with Gasteiger partial charge in [0.2, 0.25) is 0 Å². The number of rotatable bonds is 3. The van der Waals surface area contributed by atoms with Gasteiger partial charge in [-0.2, -0.15) is 0 Å². The van der Waals surface area contributed by atoms with Gasteiger partial charge in [0.25, 0.3) is 0 Å². The quantitative estimate of drug-likeness (QED) is 0.733. The Bertz CT molecular complexity index is 185. The number of carbonyl (C=O) groups is 1. The normalized spacial score (nSPS) is 23.8. The van der Waals surface area contributed by atoms with Crippen LogP contribution in [0.1, 0.15) is 39.0 Å². The van der Waals surface area contributed by atoms with Crippen molar-refractivity contribution in [1.82, 2.24) is 0 Å². The van der Waals surface area contributed by atoms with E-state index in [0.717, 1.165) is 25.7 Å². The SMILES string of the molecule is COC(C)(C(=O)O)C1CCCCC1. The van der Waals surface area contributed by atoms with Crippen LogP contribution < -0.4 is 0 Å². The second kappa shape index (κ2) is 4.09. The molecule has 3 nitrogen and oxygen atoms in total. The summed E-state index contributed by atoms with van der Waals surface area (Å²) in [4.78, 5) is 11.0. The Labute approximate surface area is 79.1 Å². The summed E-state index contributed by atoms with van der Waals surface area (Å²) in [5.74, 6) is -0.648. The number of hydrogen-bond donors (Lipinski definition) is 1. The number of hydrogen-bond acceptors (Lipinski definition) is 2. The first-order valence-electron chi connectivity index (χ1n) is 4.90. The first kappa shape index (κ1) is 10.5. The Morgan fingerprint density at radius 1 is 1.38 bits per heavy atom. The molecule has 0 aromatic carbocycles. The third-order valence-electron chi connectivity index (χ3n) is 3.23. The molecule has 1 atom stereocenters. The summed E-state index contributed by atoms with van der Waals surface area (Å²) >= 11 is 0. The molecule has 1 N–H and O–H groups in total. The van der Waals surface area contributed by atoms with Crippen LogP contribution in [-0.4, -0.2) is 23.8 Å².